The highest BCUT2D eigenvalue weighted by atomic mass is 19.2. The molecule has 1 aromatic carbocycles. The first-order valence-corrected chi connectivity index (χ1v) is 7.58. The number of benzene rings is 1. The second-order valence-electron chi connectivity index (χ2n) is 5.49. The molecular formula is C16H15F3N4O. The van der Waals surface area contributed by atoms with Gasteiger partial charge in [0.15, 0.2) is 17.5 Å². The van der Waals surface area contributed by atoms with Gasteiger partial charge in [-0.2, -0.15) is 0 Å². The van der Waals surface area contributed by atoms with E-state index in [1.807, 2.05) is 4.90 Å². The predicted molar refractivity (Wildman–Crippen MR) is 82.4 cm³/mol. The van der Waals surface area contributed by atoms with Crippen molar-refractivity contribution in [3.63, 3.8) is 0 Å². The summed E-state index contributed by atoms with van der Waals surface area (Å²) < 4.78 is 39.8. The summed E-state index contributed by atoms with van der Waals surface area (Å²) in [5.74, 6) is -4.51. The number of nitrogens with one attached hydrogen (secondary N) is 1. The molecule has 1 amide bonds. The molecule has 0 unspecified atom stereocenters. The lowest BCUT2D eigenvalue weighted by atomic mass is 10.1. The van der Waals surface area contributed by atoms with E-state index >= 15 is 0 Å². The van der Waals surface area contributed by atoms with E-state index in [2.05, 4.69) is 15.3 Å². The van der Waals surface area contributed by atoms with E-state index in [1.54, 1.807) is 0 Å². The molecule has 5 nitrogen and oxygen atoms in total. The predicted octanol–water partition coefficient (Wildman–Crippen LogP) is 3.14. The van der Waals surface area contributed by atoms with E-state index in [4.69, 9.17) is 0 Å². The van der Waals surface area contributed by atoms with Crippen LogP contribution < -0.4 is 10.2 Å². The summed E-state index contributed by atoms with van der Waals surface area (Å²) in [7, 11) is 0. The molecule has 1 saturated heterocycles. The van der Waals surface area contributed by atoms with Gasteiger partial charge in [-0.15, -0.1) is 0 Å². The molecule has 24 heavy (non-hydrogen) atoms. The summed E-state index contributed by atoms with van der Waals surface area (Å²) in [5, 5.41) is 2.20. The van der Waals surface area contributed by atoms with Crippen molar-refractivity contribution in [3.8, 4) is 0 Å². The van der Waals surface area contributed by atoms with Crippen molar-refractivity contribution in [2.75, 3.05) is 23.3 Å². The first kappa shape index (κ1) is 16.2. The quantitative estimate of drug-likeness (QED) is 0.875. The number of hydrogen-bond donors (Lipinski definition) is 1. The summed E-state index contributed by atoms with van der Waals surface area (Å²) in [6, 6.07) is 3.20. The second-order valence-corrected chi connectivity index (χ2v) is 5.49. The third-order valence-corrected chi connectivity index (χ3v) is 3.85. The maximum absolute atomic E-state index is 13.6. The van der Waals surface area contributed by atoms with E-state index in [0.717, 1.165) is 44.5 Å². The summed E-state index contributed by atoms with van der Waals surface area (Å²) in [4.78, 5) is 22.2. The van der Waals surface area contributed by atoms with Crippen LogP contribution in [-0.4, -0.2) is 29.0 Å². The SMILES string of the molecule is O=C(Nc1ccc(F)c(F)c1F)c1cc(N2CCCCC2)ncn1. The van der Waals surface area contributed by atoms with Gasteiger partial charge < -0.3 is 10.2 Å². The van der Waals surface area contributed by atoms with Gasteiger partial charge in [-0.3, -0.25) is 4.79 Å². The number of nitrogens with zero attached hydrogens (tertiary/aromatic N) is 3. The third-order valence-electron chi connectivity index (χ3n) is 3.85. The lowest BCUT2D eigenvalue weighted by Gasteiger charge is -2.27. The van der Waals surface area contributed by atoms with E-state index in [-0.39, 0.29) is 5.69 Å². The van der Waals surface area contributed by atoms with Gasteiger partial charge in [0.1, 0.15) is 17.8 Å². The number of carbonyl (C=O) groups excluding carboxylic acids is 1. The Morgan fingerprint density at radius 1 is 1.04 bits per heavy atom. The Hall–Kier alpha value is -2.64. The fraction of sp³-hybridized carbons (Fsp3) is 0.312. The molecule has 0 bridgehead atoms. The molecular weight excluding hydrogens is 321 g/mol. The van der Waals surface area contributed by atoms with E-state index in [1.165, 1.54) is 12.4 Å². The molecule has 0 aliphatic carbocycles. The second kappa shape index (κ2) is 6.86. The third kappa shape index (κ3) is 3.32. The smallest absolute Gasteiger partial charge is 0.274 e. The lowest BCUT2D eigenvalue weighted by Crippen LogP contribution is -2.30. The Balaban J connectivity index is 1.79. The van der Waals surface area contributed by atoms with Gasteiger partial charge in [0, 0.05) is 19.2 Å². The average Bonchev–Trinajstić information content (AvgIpc) is 2.63. The van der Waals surface area contributed by atoms with Crippen LogP contribution >= 0.6 is 0 Å². The molecule has 126 valence electrons. The fourth-order valence-corrected chi connectivity index (χ4v) is 2.58. The Bertz CT molecular complexity index is 763. The molecule has 2 heterocycles. The highest BCUT2D eigenvalue weighted by Gasteiger charge is 2.18. The molecule has 0 spiro atoms. The van der Waals surface area contributed by atoms with Gasteiger partial charge >= 0.3 is 0 Å². The van der Waals surface area contributed by atoms with Crippen LogP contribution in [0.3, 0.4) is 0 Å². The van der Waals surface area contributed by atoms with Crippen LogP contribution in [-0.2, 0) is 0 Å². The van der Waals surface area contributed by atoms with Gasteiger partial charge in [-0.1, -0.05) is 0 Å². The van der Waals surface area contributed by atoms with Crippen molar-refractivity contribution < 1.29 is 18.0 Å². The zero-order valence-corrected chi connectivity index (χ0v) is 12.7. The molecule has 3 rings (SSSR count). The first-order valence-electron chi connectivity index (χ1n) is 7.58. The Labute approximate surface area is 136 Å². The first-order chi connectivity index (χ1) is 11.6. The zero-order valence-electron chi connectivity index (χ0n) is 12.7. The molecule has 0 saturated carbocycles. The van der Waals surface area contributed by atoms with Crippen molar-refractivity contribution >= 4 is 17.4 Å². The van der Waals surface area contributed by atoms with Crippen LogP contribution in [0.5, 0.6) is 0 Å². The number of carbonyl (C=O) groups is 1. The largest absolute Gasteiger partial charge is 0.357 e. The number of rotatable bonds is 3. The fourth-order valence-electron chi connectivity index (χ4n) is 2.58. The highest BCUT2D eigenvalue weighted by Crippen LogP contribution is 2.21. The maximum atomic E-state index is 13.6. The summed E-state index contributed by atoms with van der Waals surface area (Å²) >= 11 is 0. The van der Waals surface area contributed by atoms with Crippen molar-refractivity contribution in [1.29, 1.82) is 0 Å². The molecule has 0 radical (unpaired) electrons. The number of halogens is 3. The van der Waals surface area contributed by atoms with E-state index < -0.39 is 29.0 Å². The van der Waals surface area contributed by atoms with Gasteiger partial charge in [0.25, 0.3) is 5.91 Å². The Morgan fingerprint density at radius 2 is 1.79 bits per heavy atom. The minimum absolute atomic E-state index is 0.0229. The van der Waals surface area contributed by atoms with Crippen LogP contribution in [0, 0.1) is 17.5 Å². The van der Waals surface area contributed by atoms with Crippen molar-refractivity contribution in [2.45, 2.75) is 19.3 Å². The van der Waals surface area contributed by atoms with Crippen molar-refractivity contribution in [3.05, 3.63) is 47.7 Å². The van der Waals surface area contributed by atoms with Gasteiger partial charge in [-0.25, -0.2) is 23.1 Å². The van der Waals surface area contributed by atoms with Crippen molar-refractivity contribution in [2.24, 2.45) is 0 Å². The van der Waals surface area contributed by atoms with Crippen molar-refractivity contribution in [1.82, 2.24) is 9.97 Å². The Kier molecular flexibility index (Phi) is 4.64. The molecule has 8 heteroatoms. The molecule has 1 aromatic heterocycles. The minimum Gasteiger partial charge on any atom is -0.357 e. The van der Waals surface area contributed by atoms with Gasteiger partial charge in [0.2, 0.25) is 0 Å². The monoisotopic (exact) mass is 336 g/mol. The summed E-state index contributed by atoms with van der Waals surface area (Å²) in [6.45, 7) is 1.69. The molecule has 1 N–H and O–H groups in total. The lowest BCUT2D eigenvalue weighted by molar-refractivity contribution is 0.102. The number of aromatic nitrogens is 2. The van der Waals surface area contributed by atoms with Crippen LogP contribution in [0.15, 0.2) is 24.5 Å². The number of piperidine rings is 1. The topological polar surface area (TPSA) is 58.1 Å². The van der Waals surface area contributed by atoms with Crippen LogP contribution in [0.4, 0.5) is 24.7 Å². The zero-order chi connectivity index (χ0) is 17.1. The number of amides is 1. The maximum Gasteiger partial charge on any atom is 0.274 e. The number of hydrogen-bond acceptors (Lipinski definition) is 4. The molecule has 1 aliphatic heterocycles. The molecule has 2 aromatic rings. The molecule has 1 aliphatic rings. The average molecular weight is 336 g/mol. The highest BCUT2D eigenvalue weighted by molar-refractivity contribution is 6.03. The molecule has 1 fully saturated rings. The normalized spacial score (nSPS) is 14.5. The van der Waals surface area contributed by atoms with Crippen LogP contribution in [0.2, 0.25) is 0 Å². The Morgan fingerprint density at radius 3 is 2.54 bits per heavy atom. The van der Waals surface area contributed by atoms with E-state index in [0.29, 0.717) is 5.82 Å². The van der Waals surface area contributed by atoms with Crippen LogP contribution in [0.1, 0.15) is 29.8 Å². The summed E-state index contributed by atoms with van der Waals surface area (Å²) in [5.41, 5.74) is -0.424. The summed E-state index contributed by atoms with van der Waals surface area (Å²) in [6.07, 6.45) is 4.50. The minimum atomic E-state index is -1.63. The van der Waals surface area contributed by atoms with Crippen LogP contribution in [0.25, 0.3) is 0 Å². The van der Waals surface area contributed by atoms with E-state index in [9.17, 15) is 18.0 Å². The van der Waals surface area contributed by atoms with Gasteiger partial charge in [-0.05, 0) is 31.4 Å². The number of anilines is 2. The standard InChI is InChI=1S/C16H15F3N4O/c17-10-4-5-11(15(19)14(10)18)22-16(24)12-8-13(21-9-20-12)23-6-2-1-3-7-23/h4-5,8-9H,1-3,6-7H2,(H,22,24). The molecule has 0 atom stereocenters. The van der Waals surface area contributed by atoms with Gasteiger partial charge in [0.05, 0.1) is 5.69 Å².